The Morgan fingerprint density at radius 1 is 0.929 bits per heavy atom. The number of carbonyl (C=O) groups excluding carboxylic acids is 3. The van der Waals surface area contributed by atoms with E-state index in [0.717, 1.165) is 0 Å². The van der Waals surface area contributed by atoms with Crippen molar-refractivity contribution in [2.24, 2.45) is 0 Å². The summed E-state index contributed by atoms with van der Waals surface area (Å²) in [5.41, 5.74) is -5.46. The molecule has 1 saturated heterocycles. The molecule has 0 aliphatic carbocycles. The lowest BCUT2D eigenvalue weighted by molar-refractivity contribution is -0.231. The topological polar surface area (TPSA) is 134 Å². The molecule has 2 atom stereocenters. The summed E-state index contributed by atoms with van der Waals surface area (Å²) in [5, 5.41) is 9.52. The van der Waals surface area contributed by atoms with E-state index in [4.69, 9.17) is 0 Å². The average Bonchev–Trinajstić information content (AvgIpc) is 3.16. The number of urea groups is 1. The first-order chi connectivity index (χ1) is 19.5. The van der Waals surface area contributed by atoms with E-state index in [9.17, 15) is 54.3 Å². The Hall–Kier alpha value is -4.67. The number of nitrogens with zero attached hydrogens (tertiary/aromatic N) is 3. The molecular weight excluding hydrogens is 600 g/mol. The molecule has 2 aromatic carbocycles. The SMILES string of the molecule is O=C1[C@@H]([C@H](Cc2ccc(O)cc2)c2ccncc2)N(OC(=O)C(F)(F)F)C(=O)N1c1ccc(S(=O)(=O)C(F)(F)F)cc1. The predicted molar refractivity (Wildman–Crippen MR) is 129 cm³/mol. The summed E-state index contributed by atoms with van der Waals surface area (Å²) in [6.07, 6.45) is -3.14. The highest BCUT2D eigenvalue weighted by molar-refractivity contribution is 7.92. The van der Waals surface area contributed by atoms with Crippen molar-refractivity contribution in [3.05, 3.63) is 84.2 Å². The van der Waals surface area contributed by atoms with Crippen LogP contribution in [-0.4, -0.2) is 59.2 Å². The van der Waals surface area contributed by atoms with Crippen LogP contribution in [0.15, 0.2) is 78.0 Å². The zero-order chi connectivity index (χ0) is 31.0. The normalized spacial score (nSPS) is 17.0. The Kier molecular flexibility index (Phi) is 7.90. The number of aromatic nitrogens is 1. The molecule has 1 fully saturated rings. The third-order valence-corrected chi connectivity index (χ3v) is 7.64. The van der Waals surface area contributed by atoms with Crippen LogP contribution in [0.25, 0.3) is 0 Å². The number of hydrogen-bond donors (Lipinski definition) is 1. The fourth-order valence-corrected chi connectivity index (χ4v) is 4.93. The summed E-state index contributed by atoms with van der Waals surface area (Å²) in [7, 11) is -5.80. The Bertz CT molecular complexity index is 1600. The minimum atomic E-state index is -5.80. The lowest BCUT2D eigenvalue weighted by atomic mass is 9.86. The number of pyridine rings is 1. The van der Waals surface area contributed by atoms with Crippen LogP contribution in [0.1, 0.15) is 17.0 Å². The highest BCUT2D eigenvalue weighted by Crippen LogP contribution is 2.38. The van der Waals surface area contributed by atoms with Gasteiger partial charge in [-0.25, -0.2) is 22.9 Å². The van der Waals surface area contributed by atoms with Crippen LogP contribution in [0.3, 0.4) is 0 Å². The molecule has 0 bridgehead atoms. The van der Waals surface area contributed by atoms with E-state index in [0.29, 0.717) is 29.8 Å². The Balaban J connectivity index is 1.80. The summed E-state index contributed by atoms with van der Waals surface area (Å²) >= 11 is 0. The molecule has 222 valence electrons. The molecule has 1 aliphatic rings. The Morgan fingerprint density at radius 2 is 1.50 bits per heavy atom. The number of phenolic OH excluding ortho intramolecular Hbond substituents is 1. The zero-order valence-corrected chi connectivity index (χ0v) is 21.5. The molecule has 42 heavy (non-hydrogen) atoms. The van der Waals surface area contributed by atoms with Gasteiger partial charge in [0, 0.05) is 18.3 Å². The fourth-order valence-electron chi connectivity index (χ4n) is 4.17. The van der Waals surface area contributed by atoms with Crippen molar-refractivity contribution in [3.8, 4) is 5.75 Å². The van der Waals surface area contributed by atoms with Crippen LogP contribution in [0, 0.1) is 0 Å². The van der Waals surface area contributed by atoms with Crippen LogP contribution in [0.4, 0.5) is 36.8 Å². The predicted octanol–water partition coefficient (Wildman–Crippen LogP) is 4.26. The molecule has 3 aromatic rings. The lowest BCUT2D eigenvalue weighted by Crippen LogP contribution is -2.44. The van der Waals surface area contributed by atoms with E-state index >= 15 is 0 Å². The van der Waals surface area contributed by atoms with Crippen LogP contribution in [0.2, 0.25) is 0 Å². The molecule has 10 nitrogen and oxygen atoms in total. The van der Waals surface area contributed by atoms with Gasteiger partial charge >= 0.3 is 23.7 Å². The lowest BCUT2D eigenvalue weighted by Gasteiger charge is -2.28. The first kappa shape index (κ1) is 30.3. The average molecular weight is 617 g/mol. The first-order valence-electron chi connectivity index (χ1n) is 11.6. The number of anilines is 1. The van der Waals surface area contributed by atoms with Gasteiger partial charge in [0.2, 0.25) is 0 Å². The van der Waals surface area contributed by atoms with E-state index in [1.807, 2.05) is 0 Å². The maximum absolute atomic E-state index is 13.7. The molecule has 0 saturated carbocycles. The van der Waals surface area contributed by atoms with Gasteiger partial charge < -0.3 is 9.94 Å². The van der Waals surface area contributed by atoms with Crippen molar-refractivity contribution in [3.63, 3.8) is 0 Å². The van der Waals surface area contributed by atoms with Crippen molar-refractivity contribution in [1.29, 1.82) is 0 Å². The van der Waals surface area contributed by atoms with Crippen molar-refractivity contribution in [2.45, 2.75) is 35.0 Å². The van der Waals surface area contributed by atoms with Crippen molar-refractivity contribution < 1.29 is 59.1 Å². The summed E-state index contributed by atoms with van der Waals surface area (Å²) in [4.78, 5) is 46.0. The number of benzene rings is 2. The number of alkyl halides is 6. The molecule has 0 spiro atoms. The van der Waals surface area contributed by atoms with Gasteiger partial charge in [-0.05, 0) is 66.1 Å². The Labute approximate surface area is 232 Å². The number of hydrogen-bond acceptors (Lipinski definition) is 8. The summed E-state index contributed by atoms with van der Waals surface area (Å²) < 4.78 is 102. The third kappa shape index (κ3) is 5.86. The number of hydroxylamine groups is 2. The minimum absolute atomic E-state index is 0.0793. The first-order valence-corrected chi connectivity index (χ1v) is 13.1. The number of carbonyl (C=O) groups is 3. The van der Waals surface area contributed by atoms with Gasteiger partial charge in [0.05, 0.1) is 10.6 Å². The molecule has 17 heteroatoms. The van der Waals surface area contributed by atoms with Crippen LogP contribution in [-0.2, 0) is 30.7 Å². The van der Waals surface area contributed by atoms with Crippen LogP contribution in [0.5, 0.6) is 5.75 Å². The second-order valence-electron chi connectivity index (χ2n) is 8.80. The maximum atomic E-state index is 13.7. The van der Waals surface area contributed by atoms with E-state index in [-0.39, 0.29) is 27.7 Å². The van der Waals surface area contributed by atoms with E-state index in [2.05, 4.69) is 9.82 Å². The molecule has 0 radical (unpaired) electrons. The highest BCUT2D eigenvalue weighted by Gasteiger charge is 2.55. The van der Waals surface area contributed by atoms with Crippen LogP contribution < -0.4 is 4.90 Å². The Morgan fingerprint density at radius 3 is 2.02 bits per heavy atom. The number of aromatic hydroxyl groups is 1. The van der Waals surface area contributed by atoms with Crippen molar-refractivity contribution in [1.82, 2.24) is 10.0 Å². The van der Waals surface area contributed by atoms with Gasteiger partial charge in [0.15, 0.2) is 6.04 Å². The molecule has 1 N–H and O–H groups in total. The standard InChI is InChI=1S/C25H17F6N3O7S/c26-24(27,28)22(37)41-34-20(19(15-9-11-32-12-10-15)13-14-1-5-17(35)6-2-14)21(36)33(23(34)38)16-3-7-18(8-4-16)42(39,40)25(29,30)31/h1-12,19-20,35H,13H2/t19-,20-/m1/s1. The van der Waals surface area contributed by atoms with E-state index < -0.39 is 62.0 Å². The second kappa shape index (κ2) is 11.0. The number of sulfone groups is 1. The monoisotopic (exact) mass is 617 g/mol. The molecule has 4 rings (SSSR count). The maximum Gasteiger partial charge on any atom is 0.501 e. The smallest absolute Gasteiger partial charge is 0.501 e. The molecule has 1 aliphatic heterocycles. The van der Waals surface area contributed by atoms with Gasteiger partial charge in [0.25, 0.3) is 15.7 Å². The van der Waals surface area contributed by atoms with Crippen molar-refractivity contribution in [2.75, 3.05) is 4.90 Å². The molecule has 3 amide bonds. The third-order valence-electron chi connectivity index (χ3n) is 6.14. The van der Waals surface area contributed by atoms with Gasteiger partial charge in [0.1, 0.15) is 5.75 Å². The fraction of sp³-hybridized carbons (Fsp3) is 0.200. The molecular formula is C25H17F6N3O7S. The largest absolute Gasteiger partial charge is 0.508 e. The minimum Gasteiger partial charge on any atom is -0.508 e. The van der Waals surface area contributed by atoms with E-state index in [1.165, 1.54) is 48.8 Å². The van der Waals surface area contributed by atoms with Gasteiger partial charge in [-0.3, -0.25) is 9.78 Å². The summed E-state index contributed by atoms with van der Waals surface area (Å²) in [6, 6.07) is 6.97. The molecule has 0 unspecified atom stereocenters. The van der Waals surface area contributed by atoms with Gasteiger partial charge in [-0.15, -0.1) is 5.06 Å². The van der Waals surface area contributed by atoms with Crippen LogP contribution >= 0.6 is 0 Å². The highest BCUT2D eigenvalue weighted by atomic mass is 32.2. The summed E-state index contributed by atoms with van der Waals surface area (Å²) in [6.45, 7) is 0. The molecule has 2 heterocycles. The zero-order valence-electron chi connectivity index (χ0n) is 20.7. The number of imide groups is 1. The quantitative estimate of drug-likeness (QED) is 0.307. The van der Waals surface area contributed by atoms with Gasteiger partial charge in [-0.2, -0.15) is 26.3 Å². The summed E-state index contributed by atoms with van der Waals surface area (Å²) in [5.74, 6) is -5.37. The number of amides is 3. The number of rotatable bonds is 7. The van der Waals surface area contributed by atoms with E-state index in [1.54, 1.807) is 0 Å². The van der Waals surface area contributed by atoms with Gasteiger partial charge in [-0.1, -0.05) is 12.1 Å². The second-order valence-corrected chi connectivity index (χ2v) is 10.7. The molecule has 1 aromatic heterocycles. The number of halogens is 6. The number of phenols is 1. The van der Waals surface area contributed by atoms with Crippen molar-refractivity contribution >= 4 is 33.4 Å².